The van der Waals surface area contributed by atoms with E-state index in [9.17, 15) is 0 Å². The van der Waals surface area contributed by atoms with Gasteiger partial charge in [-0.1, -0.05) is 41.3 Å². The van der Waals surface area contributed by atoms with Crippen LogP contribution in [0.25, 0.3) is 16.7 Å². The molecule has 1 aliphatic rings. The van der Waals surface area contributed by atoms with Gasteiger partial charge in [0.1, 0.15) is 0 Å². The van der Waals surface area contributed by atoms with Crippen LogP contribution >= 0.6 is 15.9 Å². The van der Waals surface area contributed by atoms with E-state index in [0.29, 0.717) is 12.0 Å². The fraction of sp³-hybridized carbons (Fsp3) is 0.353. The first-order valence-corrected chi connectivity index (χ1v) is 8.83. The Labute approximate surface area is 143 Å². The largest absolute Gasteiger partial charge is 0.351 e. The first kappa shape index (κ1) is 14.6. The molecule has 4 rings (SSSR count). The van der Waals surface area contributed by atoms with E-state index >= 15 is 0 Å². The van der Waals surface area contributed by atoms with Crippen molar-refractivity contribution in [1.82, 2.24) is 19.7 Å². The molecule has 5 nitrogen and oxygen atoms in total. The number of aromatic nitrogens is 4. The normalized spacial score (nSPS) is 15.9. The van der Waals surface area contributed by atoms with Gasteiger partial charge in [0.05, 0.1) is 11.7 Å². The van der Waals surface area contributed by atoms with Crippen LogP contribution in [0.2, 0.25) is 0 Å². The monoisotopic (exact) mass is 371 g/mol. The zero-order valence-electron chi connectivity index (χ0n) is 12.7. The minimum atomic E-state index is 0.488. The molecule has 0 bridgehead atoms. The predicted octanol–water partition coefficient (Wildman–Crippen LogP) is 4.32. The van der Waals surface area contributed by atoms with Crippen LogP contribution in [0.5, 0.6) is 0 Å². The molecule has 0 amide bonds. The highest BCUT2D eigenvalue weighted by Gasteiger charge is 2.15. The Morgan fingerprint density at radius 1 is 1.13 bits per heavy atom. The van der Waals surface area contributed by atoms with E-state index in [-0.39, 0.29) is 0 Å². The van der Waals surface area contributed by atoms with Crippen LogP contribution in [0.3, 0.4) is 0 Å². The highest BCUT2D eigenvalue weighted by molar-refractivity contribution is 9.10. The van der Waals surface area contributed by atoms with Crippen molar-refractivity contribution in [3.63, 3.8) is 0 Å². The summed E-state index contributed by atoms with van der Waals surface area (Å²) in [6, 6.07) is 8.45. The highest BCUT2D eigenvalue weighted by Crippen LogP contribution is 2.25. The summed E-state index contributed by atoms with van der Waals surface area (Å²) in [4.78, 5) is 9.02. The first-order chi connectivity index (χ1) is 11.3. The van der Waals surface area contributed by atoms with Crippen molar-refractivity contribution in [2.45, 2.75) is 38.1 Å². The number of anilines is 1. The lowest BCUT2D eigenvalue weighted by molar-refractivity contribution is 0.461. The summed E-state index contributed by atoms with van der Waals surface area (Å²) >= 11 is 3.56. The Bertz CT molecular complexity index is 823. The van der Waals surface area contributed by atoms with E-state index in [1.54, 1.807) is 6.20 Å². The third-order valence-electron chi connectivity index (χ3n) is 4.36. The maximum Gasteiger partial charge on any atom is 0.224 e. The summed E-state index contributed by atoms with van der Waals surface area (Å²) in [7, 11) is 0. The van der Waals surface area contributed by atoms with Crippen molar-refractivity contribution < 1.29 is 0 Å². The molecule has 2 aromatic heterocycles. The van der Waals surface area contributed by atoms with Gasteiger partial charge in [-0.3, -0.25) is 0 Å². The number of hydrogen-bond acceptors (Lipinski definition) is 4. The lowest BCUT2D eigenvalue weighted by Crippen LogP contribution is -2.23. The molecular formula is C17H18BrN5. The SMILES string of the molecule is Brc1cccc2c1cnn2-c1ccnc(NC2CCCCC2)n1. The summed E-state index contributed by atoms with van der Waals surface area (Å²) in [6.45, 7) is 0. The van der Waals surface area contributed by atoms with Crippen LogP contribution in [0.15, 0.2) is 41.1 Å². The maximum atomic E-state index is 4.65. The lowest BCUT2D eigenvalue weighted by Gasteiger charge is -2.22. The molecule has 6 heteroatoms. The van der Waals surface area contributed by atoms with Crippen LogP contribution in [-0.4, -0.2) is 25.8 Å². The van der Waals surface area contributed by atoms with E-state index in [4.69, 9.17) is 0 Å². The number of halogens is 1. The second-order valence-electron chi connectivity index (χ2n) is 5.95. The van der Waals surface area contributed by atoms with Gasteiger partial charge >= 0.3 is 0 Å². The molecule has 2 heterocycles. The summed E-state index contributed by atoms with van der Waals surface area (Å²) in [5.74, 6) is 1.47. The molecule has 23 heavy (non-hydrogen) atoms. The minimum Gasteiger partial charge on any atom is -0.351 e. The third-order valence-corrected chi connectivity index (χ3v) is 5.05. The predicted molar refractivity (Wildman–Crippen MR) is 94.9 cm³/mol. The van der Waals surface area contributed by atoms with Gasteiger partial charge in [0, 0.05) is 28.2 Å². The second kappa shape index (κ2) is 6.28. The summed E-state index contributed by atoms with van der Waals surface area (Å²) in [6.07, 6.45) is 9.96. The van der Waals surface area contributed by atoms with Gasteiger partial charge < -0.3 is 5.32 Å². The molecule has 0 radical (unpaired) electrons. The Morgan fingerprint density at radius 3 is 2.87 bits per heavy atom. The highest BCUT2D eigenvalue weighted by atomic mass is 79.9. The van der Waals surface area contributed by atoms with E-state index in [1.807, 2.05) is 35.1 Å². The number of benzene rings is 1. The van der Waals surface area contributed by atoms with Gasteiger partial charge in [0.25, 0.3) is 0 Å². The van der Waals surface area contributed by atoms with E-state index in [0.717, 1.165) is 21.2 Å². The van der Waals surface area contributed by atoms with Gasteiger partial charge in [-0.15, -0.1) is 0 Å². The number of rotatable bonds is 3. The molecule has 0 unspecified atom stereocenters. The molecule has 0 saturated heterocycles. The maximum absolute atomic E-state index is 4.65. The van der Waals surface area contributed by atoms with Crippen LogP contribution < -0.4 is 5.32 Å². The molecule has 1 N–H and O–H groups in total. The summed E-state index contributed by atoms with van der Waals surface area (Å²) < 4.78 is 2.89. The van der Waals surface area contributed by atoms with E-state index < -0.39 is 0 Å². The average Bonchev–Trinajstić information content (AvgIpc) is 3.02. The molecule has 1 aliphatic carbocycles. The first-order valence-electron chi connectivity index (χ1n) is 8.03. The van der Waals surface area contributed by atoms with Gasteiger partial charge in [0.2, 0.25) is 5.95 Å². The van der Waals surface area contributed by atoms with Crippen molar-refractivity contribution in [3.05, 3.63) is 41.1 Å². The molecule has 0 aliphatic heterocycles. The van der Waals surface area contributed by atoms with Crippen LogP contribution in [0.1, 0.15) is 32.1 Å². The molecule has 118 valence electrons. The second-order valence-corrected chi connectivity index (χ2v) is 6.80. The van der Waals surface area contributed by atoms with Crippen molar-refractivity contribution in [2.24, 2.45) is 0 Å². The molecule has 1 aromatic carbocycles. The van der Waals surface area contributed by atoms with Gasteiger partial charge in [-0.05, 0) is 25.0 Å². The third kappa shape index (κ3) is 2.95. The van der Waals surface area contributed by atoms with Gasteiger partial charge in [-0.2, -0.15) is 10.1 Å². The zero-order chi connectivity index (χ0) is 15.6. The molecule has 1 fully saturated rings. The van der Waals surface area contributed by atoms with E-state index in [1.165, 1.54) is 32.1 Å². The smallest absolute Gasteiger partial charge is 0.224 e. The Kier molecular flexibility index (Phi) is 3.99. The molecule has 0 spiro atoms. The number of fused-ring (bicyclic) bond motifs is 1. The number of hydrogen-bond donors (Lipinski definition) is 1. The Balaban J connectivity index is 1.66. The van der Waals surface area contributed by atoms with Crippen molar-refractivity contribution >= 4 is 32.8 Å². The number of nitrogens with zero attached hydrogens (tertiary/aromatic N) is 4. The minimum absolute atomic E-state index is 0.488. The Morgan fingerprint density at radius 2 is 2.00 bits per heavy atom. The van der Waals surface area contributed by atoms with E-state index in [2.05, 4.69) is 36.3 Å². The average molecular weight is 372 g/mol. The van der Waals surface area contributed by atoms with Crippen LogP contribution in [0.4, 0.5) is 5.95 Å². The standard InChI is InChI=1S/C17H18BrN5/c18-14-7-4-8-15-13(14)11-20-23(15)16-9-10-19-17(22-16)21-12-5-2-1-3-6-12/h4,7-12H,1-3,5-6H2,(H,19,21,22). The lowest BCUT2D eigenvalue weighted by atomic mass is 9.96. The van der Waals surface area contributed by atoms with Crippen molar-refractivity contribution in [1.29, 1.82) is 0 Å². The fourth-order valence-corrected chi connectivity index (χ4v) is 3.62. The fourth-order valence-electron chi connectivity index (χ4n) is 3.16. The van der Waals surface area contributed by atoms with Crippen molar-refractivity contribution in [3.8, 4) is 5.82 Å². The zero-order valence-corrected chi connectivity index (χ0v) is 14.3. The molecule has 0 atom stereocenters. The Hall–Kier alpha value is -1.95. The van der Waals surface area contributed by atoms with Gasteiger partial charge in [-0.25, -0.2) is 9.67 Å². The number of nitrogens with one attached hydrogen (secondary N) is 1. The topological polar surface area (TPSA) is 55.6 Å². The van der Waals surface area contributed by atoms with Crippen molar-refractivity contribution in [2.75, 3.05) is 5.32 Å². The molecule has 3 aromatic rings. The van der Waals surface area contributed by atoms with Crippen LogP contribution in [-0.2, 0) is 0 Å². The summed E-state index contributed by atoms with van der Waals surface area (Å²) in [5, 5.41) is 9.03. The quantitative estimate of drug-likeness (QED) is 0.744. The van der Waals surface area contributed by atoms with Crippen LogP contribution in [0, 0.1) is 0 Å². The van der Waals surface area contributed by atoms with Gasteiger partial charge in [0.15, 0.2) is 5.82 Å². The molecule has 1 saturated carbocycles. The molecular weight excluding hydrogens is 354 g/mol. The summed E-state index contributed by atoms with van der Waals surface area (Å²) in [5.41, 5.74) is 1.03.